The molecule has 3 aromatic carbocycles. The van der Waals surface area contributed by atoms with E-state index in [9.17, 15) is 18.4 Å². The highest BCUT2D eigenvalue weighted by Gasteiger charge is 2.42. The number of imidazole rings is 2. The lowest BCUT2D eigenvalue weighted by atomic mass is 9.92. The molecule has 0 aliphatic carbocycles. The van der Waals surface area contributed by atoms with E-state index in [1.54, 1.807) is 4.90 Å². The SMILES string of the molecule is COC(=O)N[C@H](C(=O)N1C[C@@H](COC(F)F)CC1c1nc2c(ccc3cc4c(cc32)OCc2cc(-c3cnc(C5CCCN5)[nH]3)ccc2-4)[nH]1)C(C)C. The molecule has 2 aromatic heterocycles. The maximum Gasteiger partial charge on any atom is 0.407 e. The van der Waals surface area contributed by atoms with E-state index < -0.39 is 24.8 Å². The number of carbonyl (C=O) groups excluding carboxylic acids is 2. The van der Waals surface area contributed by atoms with Gasteiger partial charge in [0, 0.05) is 23.4 Å². The second kappa shape index (κ2) is 13.8. The smallest absolute Gasteiger partial charge is 0.407 e. The number of carbonyl (C=O) groups is 2. The summed E-state index contributed by atoms with van der Waals surface area (Å²) in [7, 11) is 1.23. The maximum absolute atomic E-state index is 14.0. The van der Waals surface area contributed by atoms with Crippen molar-refractivity contribution in [2.24, 2.45) is 11.8 Å². The fourth-order valence-corrected chi connectivity index (χ4v) is 7.84. The van der Waals surface area contributed by atoms with E-state index in [4.69, 9.17) is 14.5 Å². The number of benzene rings is 3. The number of H-pyrrole nitrogens is 2. The molecule has 14 heteroatoms. The van der Waals surface area contributed by atoms with Crippen LogP contribution in [0.2, 0.25) is 0 Å². The van der Waals surface area contributed by atoms with E-state index >= 15 is 0 Å². The van der Waals surface area contributed by atoms with Gasteiger partial charge in [-0.25, -0.2) is 14.8 Å². The highest BCUT2D eigenvalue weighted by molar-refractivity contribution is 6.07. The van der Waals surface area contributed by atoms with Gasteiger partial charge < -0.3 is 39.7 Å². The number of hydrogen-bond donors (Lipinski definition) is 4. The van der Waals surface area contributed by atoms with Crippen molar-refractivity contribution in [1.29, 1.82) is 0 Å². The van der Waals surface area contributed by atoms with Crippen molar-refractivity contribution < 1.29 is 32.6 Å². The predicted molar refractivity (Wildman–Crippen MR) is 190 cm³/mol. The predicted octanol–water partition coefficient (Wildman–Crippen LogP) is 6.60. The van der Waals surface area contributed by atoms with Crippen LogP contribution < -0.4 is 15.4 Å². The molecule has 0 bridgehead atoms. The van der Waals surface area contributed by atoms with Crippen LogP contribution in [0.5, 0.6) is 5.75 Å². The van der Waals surface area contributed by atoms with Crippen molar-refractivity contribution in [3.05, 3.63) is 65.9 Å². The molecule has 272 valence electrons. The quantitative estimate of drug-likeness (QED) is 0.134. The Balaban J connectivity index is 1.10. The van der Waals surface area contributed by atoms with Gasteiger partial charge in [0.1, 0.15) is 30.0 Å². The van der Waals surface area contributed by atoms with Gasteiger partial charge in [-0.3, -0.25) is 4.79 Å². The summed E-state index contributed by atoms with van der Waals surface area (Å²) < 4.78 is 41.8. The summed E-state index contributed by atoms with van der Waals surface area (Å²) in [6.45, 7) is 2.09. The summed E-state index contributed by atoms with van der Waals surface area (Å²) in [5.74, 6) is 1.27. The number of hydrogen-bond acceptors (Lipinski definition) is 8. The Morgan fingerprint density at radius 3 is 2.73 bits per heavy atom. The summed E-state index contributed by atoms with van der Waals surface area (Å²) >= 11 is 0. The molecule has 0 radical (unpaired) electrons. The number of likely N-dealkylation sites (tertiary alicyclic amines) is 1. The van der Waals surface area contributed by atoms with Crippen LogP contribution in [0, 0.1) is 11.8 Å². The number of methoxy groups -OCH3 is 1. The zero-order valence-corrected chi connectivity index (χ0v) is 29.2. The number of ether oxygens (including phenoxy) is 3. The lowest BCUT2D eigenvalue weighted by Crippen LogP contribution is -2.51. The Bertz CT molecular complexity index is 2140. The van der Waals surface area contributed by atoms with Gasteiger partial charge in [-0.2, -0.15) is 8.78 Å². The highest BCUT2D eigenvalue weighted by atomic mass is 19.3. The van der Waals surface area contributed by atoms with Crippen LogP contribution in [0.3, 0.4) is 0 Å². The molecule has 12 nitrogen and oxygen atoms in total. The second-order valence-electron chi connectivity index (χ2n) is 14.2. The first-order valence-electron chi connectivity index (χ1n) is 17.7. The van der Waals surface area contributed by atoms with Gasteiger partial charge in [0.05, 0.1) is 48.7 Å². The van der Waals surface area contributed by atoms with Gasteiger partial charge in [0.25, 0.3) is 0 Å². The minimum atomic E-state index is -2.92. The number of halogens is 2. The van der Waals surface area contributed by atoms with Gasteiger partial charge in [-0.05, 0) is 78.1 Å². The number of alkyl carbamates (subject to hydrolysis) is 1. The van der Waals surface area contributed by atoms with Crippen molar-refractivity contribution in [2.75, 3.05) is 26.8 Å². The van der Waals surface area contributed by atoms with Crippen LogP contribution in [0.1, 0.15) is 62.4 Å². The molecule has 3 aliphatic rings. The third-order valence-electron chi connectivity index (χ3n) is 10.5. The molecule has 0 spiro atoms. The van der Waals surface area contributed by atoms with Crippen molar-refractivity contribution in [1.82, 2.24) is 35.5 Å². The minimum absolute atomic E-state index is 0.168. The Morgan fingerprint density at radius 1 is 1.10 bits per heavy atom. The minimum Gasteiger partial charge on any atom is -0.488 e. The van der Waals surface area contributed by atoms with E-state index in [0.29, 0.717) is 24.4 Å². The summed E-state index contributed by atoms with van der Waals surface area (Å²) in [6, 6.07) is 13.3. The van der Waals surface area contributed by atoms with Crippen LogP contribution in [0.25, 0.3) is 44.2 Å². The molecule has 3 aliphatic heterocycles. The summed E-state index contributed by atoms with van der Waals surface area (Å²) in [6.07, 6.45) is 3.75. The Kier molecular flexibility index (Phi) is 9.04. The van der Waals surface area contributed by atoms with Crippen LogP contribution in [-0.4, -0.2) is 76.3 Å². The monoisotopic (exact) mass is 713 g/mol. The third kappa shape index (κ3) is 6.34. The number of nitrogens with zero attached hydrogens (tertiary/aromatic N) is 3. The maximum atomic E-state index is 14.0. The largest absolute Gasteiger partial charge is 0.488 e. The van der Waals surface area contributed by atoms with E-state index in [0.717, 1.165) is 75.2 Å². The molecule has 0 saturated carbocycles. The first-order valence-corrected chi connectivity index (χ1v) is 17.7. The van der Waals surface area contributed by atoms with Crippen LogP contribution in [0.4, 0.5) is 13.6 Å². The zero-order chi connectivity index (χ0) is 36.1. The molecule has 4 N–H and O–H groups in total. The molecular weight excluding hydrogens is 672 g/mol. The highest BCUT2D eigenvalue weighted by Crippen LogP contribution is 2.43. The first-order chi connectivity index (χ1) is 25.2. The third-order valence-corrected chi connectivity index (χ3v) is 10.5. The zero-order valence-electron chi connectivity index (χ0n) is 29.2. The molecule has 5 heterocycles. The lowest BCUT2D eigenvalue weighted by Gasteiger charge is -2.30. The van der Waals surface area contributed by atoms with E-state index in [1.807, 2.05) is 38.2 Å². The average Bonchev–Trinajstić information content (AvgIpc) is 3.97. The molecule has 2 saturated heterocycles. The molecule has 2 fully saturated rings. The van der Waals surface area contributed by atoms with Crippen LogP contribution >= 0.6 is 0 Å². The molecular formula is C38H41F2N7O5. The summed E-state index contributed by atoms with van der Waals surface area (Å²) in [5, 5.41) is 7.97. The number of amides is 2. The van der Waals surface area contributed by atoms with E-state index in [1.165, 1.54) is 7.11 Å². The molecule has 8 rings (SSSR count). The number of fused-ring (bicyclic) bond motifs is 6. The second-order valence-corrected chi connectivity index (χ2v) is 14.2. The normalized spacial score (nSPS) is 20.4. The molecule has 4 atom stereocenters. The van der Waals surface area contributed by atoms with Gasteiger partial charge in [-0.1, -0.05) is 32.0 Å². The lowest BCUT2D eigenvalue weighted by molar-refractivity contribution is -0.139. The average molecular weight is 714 g/mol. The number of nitrogens with one attached hydrogen (secondary N) is 4. The van der Waals surface area contributed by atoms with Gasteiger partial charge in [0.2, 0.25) is 5.91 Å². The fraction of sp³-hybridized carbons (Fsp3) is 0.421. The van der Waals surface area contributed by atoms with Crippen LogP contribution in [0.15, 0.2) is 48.7 Å². The molecule has 2 unspecified atom stereocenters. The van der Waals surface area contributed by atoms with Gasteiger partial charge in [0.15, 0.2) is 0 Å². The standard InChI is InChI=1S/C38H41F2N7O5/c1-19(2)32(46-38(49)50-3)36(48)47-16-20(17-52-37(39)40)11-30(47)35-43-27-9-7-21-13-26-24-8-6-22(29-15-42-34(44-29)28-5-4-10-41-28)12-23(24)18-51-31(26)14-25(21)33(27)45-35/h6-9,12-15,19-20,28,30,32,37,41H,4-5,10-11,16-18H2,1-3H3,(H,42,44)(H,43,45)(H,46,49)/t20-,28?,30?,32-/m0/s1. The van der Waals surface area contributed by atoms with Gasteiger partial charge >= 0.3 is 12.7 Å². The first kappa shape index (κ1) is 34.0. The van der Waals surface area contributed by atoms with Crippen LogP contribution in [-0.2, 0) is 20.9 Å². The number of rotatable bonds is 9. The Morgan fingerprint density at radius 2 is 1.96 bits per heavy atom. The molecule has 5 aromatic rings. The Hall–Kier alpha value is -5.08. The number of alkyl halides is 2. The van der Waals surface area contributed by atoms with Crippen molar-refractivity contribution in [2.45, 2.75) is 64.5 Å². The number of aromatic nitrogens is 4. The molecule has 52 heavy (non-hydrogen) atoms. The van der Waals surface area contributed by atoms with E-state index in [-0.39, 0.29) is 36.9 Å². The summed E-state index contributed by atoms with van der Waals surface area (Å²) in [5.41, 5.74) is 6.68. The van der Waals surface area contributed by atoms with Crippen molar-refractivity contribution in [3.63, 3.8) is 0 Å². The fourth-order valence-electron chi connectivity index (χ4n) is 7.84. The number of aromatic amines is 2. The van der Waals surface area contributed by atoms with Crippen molar-refractivity contribution >= 4 is 33.8 Å². The molecule has 2 amide bonds. The van der Waals surface area contributed by atoms with E-state index in [2.05, 4.69) is 54.6 Å². The Labute approximate surface area is 298 Å². The van der Waals surface area contributed by atoms with Crippen molar-refractivity contribution in [3.8, 4) is 28.1 Å². The summed E-state index contributed by atoms with van der Waals surface area (Å²) in [4.78, 5) is 44.2. The van der Waals surface area contributed by atoms with Gasteiger partial charge in [-0.15, -0.1) is 0 Å². The topological polar surface area (TPSA) is 146 Å².